The van der Waals surface area contributed by atoms with Gasteiger partial charge in [-0.05, 0) is 41.5 Å². The summed E-state index contributed by atoms with van der Waals surface area (Å²) in [7, 11) is -5.13. The van der Waals surface area contributed by atoms with Gasteiger partial charge in [-0.15, -0.1) is 0 Å². The number of nitrogens with one attached hydrogen (secondary N) is 2. The highest BCUT2D eigenvalue weighted by Crippen LogP contribution is 2.32. The molecule has 188 valence electrons. The van der Waals surface area contributed by atoms with Crippen LogP contribution in [-0.2, 0) is 33.1 Å². The third-order valence-corrected chi connectivity index (χ3v) is 9.20. The summed E-state index contributed by atoms with van der Waals surface area (Å²) in [4.78, 5) is 25.1. The van der Waals surface area contributed by atoms with Crippen molar-refractivity contribution in [3.05, 3.63) is 89.5 Å². The SMILES string of the molecule is CN(C)S(=O)(=O)c1ccc(CN2C(=O)Nc3ccc(C(=O)NCc4ccccc4)cc3S2(=O)=O)cc1. The number of rotatable bonds is 7. The Morgan fingerprint density at radius 2 is 1.64 bits per heavy atom. The Kier molecular flexibility index (Phi) is 6.85. The molecular weight excluding hydrogens is 504 g/mol. The van der Waals surface area contributed by atoms with Crippen molar-refractivity contribution in [2.24, 2.45) is 0 Å². The topological polar surface area (TPSA) is 133 Å². The van der Waals surface area contributed by atoms with Crippen molar-refractivity contribution in [1.82, 2.24) is 13.9 Å². The number of hydrogen-bond acceptors (Lipinski definition) is 6. The number of anilines is 1. The molecule has 1 aliphatic heterocycles. The van der Waals surface area contributed by atoms with Gasteiger partial charge in [-0.2, -0.15) is 0 Å². The largest absolute Gasteiger partial charge is 0.348 e. The molecule has 1 aliphatic rings. The molecule has 0 bridgehead atoms. The Bertz CT molecular complexity index is 1520. The Hall–Kier alpha value is -3.74. The lowest BCUT2D eigenvalue weighted by Crippen LogP contribution is -2.43. The van der Waals surface area contributed by atoms with E-state index in [9.17, 15) is 26.4 Å². The van der Waals surface area contributed by atoms with Gasteiger partial charge in [-0.1, -0.05) is 42.5 Å². The Morgan fingerprint density at radius 3 is 2.28 bits per heavy atom. The van der Waals surface area contributed by atoms with Crippen LogP contribution in [0.2, 0.25) is 0 Å². The minimum Gasteiger partial charge on any atom is -0.348 e. The van der Waals surface area contributed by atoms with Crippen LogP contribution in [0.4, 0.5) is 10.5 Å². The van der Waals surface area contributed by atoms with Crippen molar-refractivity contribution in [3.8, 4) is 0 Å². The Labute approximate surface area is 209 Å². The van der Waals surface area contributed by atoms with Gasteiger partial charge in [0.05, 0.1) is 17.1 Å². The molecule has 0 aliphatic carbocycles. The average molecular weight is 529 g/mol. The van der Waals surface area contributed by atoms with Crippen molar-refractivity contribution in [1.29, 1.82) is 0 Å². The van der Waals surface area contributed by atoms with E-state index in [1.807, 2.05) is 30.3 Å². The molecule has 0 fully saturated rings. The molecule has 3 aromatic rings. The molecule has 0 atom stereocenters. The normalized spacial score (nSPS) is 14.8. The van der Waals surface area contributed by atoms with Gasteiger partial charge < -0.3 is 10.6 Å². The van der Waals surface area contributed by atoms with Crippen molar-refractivity contribution >= 4 is 37.7 Å². The predicted octanol–water partition coefficient (Wildman–Crippen LogP) is 2.60. The molecule has 0 saturated carbocycles. The quantitative estimate of drug-likeness (QED) is 0.484. The molecule has 12 heteroatoms. The summed E-state index contributed by atoms with van der Waals surface area (Å²) in [5.41, 5.74) is 1.50. The number of sulfonamides is 2. The van der Waals surface area contributed by atoms with Gasteiger partial charge in [0, 0.05) is 26.2 Å². The van der Waals surface area contributed by atoms with Gasteiger partial charge in [0.1, 0.15) is 4.90 Å². The number of carbonyl (C=O) groups is 2. The van der Waals surface area contributed by atoms with Gasteiger partial charge in [-0.3, -0.25) is 4.79 Å². The molecule has 4 rings (SSSR count). The maximum atomic E-state index is 13.3. The van der Waals surface area contributed by atoms with Gasteiger partial charge >= 0.3 is 6.03 Å². The first-order valence-electron chi connectivity index (χ1n) is 10.8. The fourth-order valence-corrected chi connectivity index (χ4v) is 5.96. The monoisotopic (exact) mass is 528 g/mol. The fourth-order valence-electron chi connectivity index (χ4n) is 3.57. The minimum atomic E-state index is -4.29. The lowest BCUT2D eigenvalue weighted by molar-refractivity contribution is 0.0950. The number of amides is 3. The van der Waals surface area contributed by atoms with Crippen LogP contribution in [0, 0.1) is 0 Å². The predicted molar refractivity (Wildman–Crippen MR) is 133 cm³/mol. The van der Waals surface area contributed by atoms with Crippen LogP contribution < -0.4 is 10.6 Å². The number of fused-ring (bicyclic) bond motifs is 1. The Balaban J connectivity index is 1.56. The number of benzene rings is 3. The third-order valence-electron chi connectivity index (χ3n) is 5.60. The first-order chi connectivity index (χ1) is 17.0. The van der Waals surface area contributed by atoms with E-state index < -0.39 is 32.0 Å². The maximum Gasteiger partial charge on any atom is 0.336 e. The summed E-state index contributed by atoms with van der Waals surface area (Å²) in [6.07, 6.45) is 0. The second-order valence-corrected chi connectivity index (χ2v) is 12.2. The van der Waals surface area contributed by atoms with Gasteiger partial charge in [0.25, 0.3) is 15.9 Å². The molecule has 0 unspecified atom stereocenters. The highest BCUT2D eigenvalue weighted by Gasteiger charge is 2.37. The summed E-state index contributed by atoms with van der Waals surface area (Å²) in [6.45, 7) is -0.0494. The molecule has 3 aromatic carbocycles. The summed E-state index contributed by atoms with van der Waals surface area (Å²) in [5, 5.41) is 5.28. The maximum absolute atomic E-state index is 13.3. The van der Waals surface area contributed by atoms with Gasteiger partial charge in [0.2, 0.25) is 10.0 Å². The second kappa shape index (κ2) is 9.72. The van der Waals surface area contributed by atoms with Crippen molar-refractivity contribution in [2.75, 3.05) is 19.4 Å². The van der Waals surface area contributed by atoms with Gasteiger partial charge in [-0.25, -0.2) is 30.2 Å². The zero-order valence-electron chi connectivity index (χ0n) is 19.5. The van der Waals surface area contributed by atoms with Crippen LogP contribution >= 0.6 is 0 Å². The average Bonchev–Trinajstić information content (AvgIpc) is 2.86. The van der Waals surface area contributed by atoms with E-state index in [1.54, 1.807) is 0 Å². The first-order valence-corrected chi connectivity index (χ1v) is 13.7. The molecule has 0 aromatic heterocycles. The van der Waals surface area contributed by atoms with Crippen LogP contribution in [0.5, 0.6) is 0 Å². The van der Waals surface area contributed by atoms with E-state index in [0.717, 1.165) is 9.87 Å². The summed E-state index contributed by atoms with van der Waals surface area (Å²) in [5.74, 6) is -0.460. The van der Waals surface area contributed by atoms with Gasteiger partial charge in [0.15, 0.2) is 0 Å². The van der Waals surface area contributed by atoms with Crippen LogP contribution in [0.25, 0.3) is 0 Å². The zero-order valence-corrected chi connectivity index (χ0v) is 21.1. The van der Waals surface area contributed by atoms with Crippen molar-refractivity contribution in [2.45, 2.75) is 22.9 Å². The van der Waals surface area contributed by atoms with E-state index >= 15 is 0 Å². The number of hydrogen-bond donors (Lipinski definition) is 2. The van der Waals surface area contributed by atoms with E-state index in [0.29, 0.717) is 9.87 Å². The summed E-state index contributed by atoms with van der Waals surface area (Å²) < 4.78 is 52.9. The molecule has 10 nitrogen and oxygen atoms in total. The fraction of sp³-hybridized carbons (Fsp3) is 0.167. The minimum absolute atomic E-state index is 0.0405. The van der Waals surface area contributed by atoms with E-state index in [2.05, 4.69) is 10.6 Å². The summed E-state index contributed by atoms with van der Waals surface area (Å²) >= 11 is 0. The lowest BCUT2D eigenvalue weighted by Gasteiger charge is -2.29. The molecule has 2 N–H and O–H groups in total. The van der Waals surface area contributed by atoms with Crippen molar-refractivity contribution in [3.63, 3.8) is 0 Å². The third kappa shape index (κ3) is 4.96. The molecule has 0 saturated heterocycles. The van der Waals surface area contributed by atoms with Crippen molar-refractivity contribution < 1.29 is 26.4 Å². The second-order valence-electron chi connectivity index (χ2n) is 8.25. The van der Waals surface area contributed by atoms with E-state index in [-0.39, 0.29) is 34.1 Å². The first kappa shape index (κ1) is 25.4. The molecular formula is C24H24N4O6S2. The van der Waals surface area contributed by atoms with Crippen LogP contribution in [-0.4, -0.2) is 51.5 Å². The molecule has 1 heterocycles. The standard InChI is InChI=1S/C24H24N4O6S2/c1-27(2)35(31,32)20-11-8-18(9-12-20)16-28-24(30)26-21-13-10-19(14-22(21)36(28,33)34)23(29)25-15-17-6-4-3-5-7-17/h3-14H,15-16H2,1-2H3,(H,25,29)(H,26,30). The smallest absolute Gasteiger partial charge is 0.336 e. The highest BCUT2D eigenvalue weighted by atomic mass is 32.2. The molecule has 0 spiro atoms. The highest BCUT2D eigenvalue weighted by molar-refractivity contribution is 7.90. The molecule has 3 amide bonds. The van der Waals surface area contributed by atoms with Crippen LogP contribution in [0.15, 0.2) is 82.6 Å². The van der Waals surface area contributed by atoms with E-state index in [1.165, 1.54) is 56.6 Å². The number of carbonyl (C=O) groups excluding carboxylic acids is 2. The molecule has 0 radical (unpaired) electrons. The Morgan fingerprint density at radius 1 is 0.972 bits per heavy atom. The zero-order chi connectivity index (χ0) is 26.1. The van der Waals surface area contributed by atoms with E-state index in [4.69, 9.17) is 0 Å². The van der Waals surface area contributed by atoms with Crippen LogP contribution in [0.1, 0.15) is 21.5 Å². The molecule has 36 heavy (non-hydrogen) atoms. The summed E-state index contributed by atoms with van der Waals surface area (Å²) in [6, 6.07) is 18.0. The van der Waals surface area contributed by atoms with Crippen LogP contribution in [0.3, 0.4) is 0 Å². The number of urea groups is 1. The number of nitrogens with zero attached hydrogens (tertiary/aromatic N) is 2. The lowest BCUT2D eigenvalue weighted by atomic mass is 10.1.